The normalized spacial score (nSPS) is 17.3. The van der Waals surface area contributed by atoms with E-state index in [0.29, 0.717) is 29.5 Å². The number of nitrogens with zero attached hydrogens (tertiary/aromatic N) is 2. The maximum Gasteiger partial charge on any atom is 0.226 e. The molecular formula is C28H36N4O5. The van der Waals surface area contributed by atoms with Crippen LogP contribution in [0.1, 0.15) is 36.5 Å². The lowest BCUT2D eigenvalue weighted by molar-refractivity contribution is -0.104. The Kier molecular flexibility index (Phi) is 8.16. The van der Waals surface area contributed by atoms with Crippen LogP contribution in [0.25, 0.3) is 21.5 Å². The Morgan fingerprint density at radius 3 is 2.54 bits per heavy atom. The van der Waals surface area contributed by atoms with Crippen LogP contribution in [0.15, 0.2) is 30.3 Å². The van der Waals surface area contributed by atoms with Crippen molar-refractivity contribution in [3.63, 3.8) is 0 Å². The van der Waals surface area contributed by atoms with E-state index in [1.54, 1.807) is 6.07 Å². The monoisotopic (exact) mass is 508 g/mol. The number of carbonyl (C=O) groups is 2. The number of aromatic hydroxyl groups is 2. The number of fused-ring (bicyclic) bond motifs is 2. The lowest BCUT2D eigenvalue weighted by atomic mass is 9.91. The van der Waals surface area contributed by atoms with Gasteiger partial charge in [0.15, 0.2) is 6.29 Å². The van der Waals surface area contributed by atoms with Crippen LogP contribution >= 0.6 is 0 Å². The van der Waals surface area contributed by atoms with Crippen LogP contribution < -0.4 is 10.6 Å². The first-order chi connectivity index (χ1) is 17.8. The van der Waals surface area contributed by atoms with Crippen LogP contribution in [0.2, 0.25) is 0 Å². The number of rotatable bonds is 10. The van der Waals surface area contributed by atoms with Gasteiger partial charge in [0.2, 0.25) is 5.78 Å². The zero-order valence-electron chi connectivity index (χ0n) is 21.6. The van der Waals surface area contributed by atoms with Crippen LogP contribution in [0.5, 0.6) is 11.5 Å². The van der Waals surface area contributed by atoms with Crippen LogP contribution in [-0.4, -0.2) is 89.7 Å². The summed E-state index contributed by atoms with van der Waals surface area (Å²) in [6, 6.07) is 8.33. The highest BCUT2D eigenvalue weighted by molar-refractivity contribution is 6.41. The molecule has 1 aliphatic heterocycles. The number of phenols is 2. The summed E-state index contributed by atoms with van der Waals surface area (Å²) in [6.07, 6.45) is 3.37. The molecule has 37 heavy (non-hydrogen) atoms. The Morgan fingerprint density at radius 1 is 1.11 bits per heavy atom. The first-order valence-corrected chi connectivity index (χ1v) is 12.7. The lowest BCUT2D eigenvalue weighted by Gasteiger charge is -2.34. The Balaban J connectivity index is 1.86. The number of piperidine rings is 1. The summed E-state index contributed by atoms with van der Waals surface area (Å²) in [5.41, 5.74) is 1.42. The summed E-state index contributed by atoms with van der Waals surface area (Å²) in [5.74, 6) is -1.07. The quantitative estimate of drug-likeness (QED) is 0.0700. The highest BCUT2D eigenvalue weighted by Crippen LogP contribution is 2.43. The van der Waals surface area contributed by atoms with Crippen molar-refractivity contribution in [3.05, 3.63) is 35.9 Å². The molecule has 1 saturated heterocycles. The molecule has 1 fully saturated rings. The molecule has 0 aromatic heterocycles. The third-order valence-electron chi connectivity index (χ3n) is 7.40. The van der Waals surface area contributed by atoms with Gasteiger partial charge in [0.05, 0.1) is 12.8 Å². The molecule has 0 spiro atoms. The van der Waals surface area contributed by atoms with Gasteiger partial charge < -0.3 is 26.0 Å². The molecule has 0 aliphatic carbocycles. The van der Waals surface area contributed by atoms with E-state index in [1.165, 1.54) is 12.1 Å². The second-order valence-corrected chi connectivity index (χ2v) is 9.92. The molecule has 5 N–H and O–H groups in total. The minimum atomic E-state index is -0.784. The molecule has 3 aromatic carbocycles. The topological polar surface area (TPSA) is 125 Å². The number of hydrogen-bond acceptors (Lipinski definition) is 9. The van der Waals surface area contributed by atoms with Gasteiger partial charge in [0, 0.05) is 57.6 Å². The summed E-state index contributed by atoms with van der Waals surface area (Å²) >= 11 is 0. The molecule has 4 rings (SSSR count). The average molecular weight is 509 g/mol. The van der Waals surface area contributed by atoms with Crippen molar-refractivity contribution in [2.75, 3.05) is 51.0 Å². The van der Waals surface area contributed by atoms with E-state index < -0.39 is 5.78 Å². The Bertz CT molecular complexity index is 1310. The molecule has 9 heteroatoms. The van der Waals surface area contributed by atoms with Crippen LogP contribution in [0, 0.1) is 0 Å². The fourth-order valence-corrected chi connectivity index (χ4v) is 5.14. The minimum Gasteiger partial charge on any atom is -0.507 e. The summed E-state index contributed by atoms with van der Waals surface area (Å²) in [7, 11) is 3.88. The third-order valence-corrected chi connectivity index (χ3v) is 7.40. The number of hydrogen-bond donors (Lipinski definition) is 5. The van der Waals surface area contributed by atoms with Crippen molar-refractivity contribution in [2.45, 2.75) is 38.4 Å². The molecule has 1 heterocycles. The molecule has 0 radical (unpaired) electrons. The highest BCUT2D eigenvalue weighted by Gasteiger charge is 2.24. The van der Waals surface area contributed by atoms with E-state index in [9.17, 15) is 24.9 Å². The van der Waals surface area contributed by atoms with Gasteiger partial charge in [-0.3, -0.25) is 19.4 Å². The number of aliphatic hydroxyl groups is 1. The van der Waals surface area contributed by atoms with E-state index in [-0.39, 0.29) is 52.9 Å². The molecule has 0 bridgehead atoms. The second-order valence-electron chi connectivity index (χ2n) is 9.92. The zero-order valence-corrected chi connectivity index (χ0v) is 21.6. The van der Waals surface area contributed by atoms with Crippen LogP contribution in [-0.2, 0) is 4.79 Å². The molecule has 2 atom stereocenters. The largest absolute Gasteiger partial charge is 0.507 e. The van der Waals surface area contributed by atoms with E-state index in [1.807, 2.05) is 38.1 Å². The number of likely N-dealkylation sites (tertiary alicyclic amines) is 1. The van der Waals surface area contributed by atoms with Crippen molar-refractivity contribution in [2.24, 2.45) is 0 Å². The molecule has 3 aromatic rings. The van der Waals surface area contributed by atoms with Gasteiger partial charge in [-0.25, -0.2) is 0 Å². The SMILES string of the molecule is CC(Nc1ccc(NCCN2CCCCC2CO)c2c(C(=O)C=O)c3c(O)ccc(O)c3cc12)N(C)C. The minimum absolute atomic E-state index is 0.0461. The van der Waals surface area contributed by atoms with Crippen LogP contribution in [0.3, 0.4) is 0 Å². The van der Waals surface area contributed by atoms with Gasteiger partial charge >= 0.3 is 0 Å². The second kappa shape index (κ2) is 11.3. The number of benzene rings is 3. The fourth-order valence-electron chi connectivity index (χ4n) is 5.14. The number of nitrogens with one attached hydrogen (secondary N) is 2. The summed E-state index contributed by atoms with van der Waals surface area (Å²) < 4.78 is 0. The summed E-state index contributed by atoms with van der Waals surface area (Å²) in [5, 5.41) is 39.5. The standard InChI is InChI=1S/C28H36N4O5/c1-17(31(2)3)30-21-7-8-22(29-11-13-32-12-5-4-6-18(32)15-33)26-19(21)14-20-23(35)9-10-24(36)27(20)28(26)25(37)16-34/h7-10,14,16-18,29-30,33,35-36H,4-6,11-13,15H2,1-3H3. The predicted molar refractivity (Wildman–Crippen MR) is 147 cm³/mol. The number of aldehydes is 1. The molecule has 198 valence electrons. The number of carbonyl (C=O) groups excluding carboxylic acids is 2. The lowest BCUT2D eigenvalue weighted by Crippen LogP contribution is -2.44. The van der Waals surface area contributed by atoms with Gasteiger partial charge in [-0.15, -0.1) is 0 Å². The van der Waals surface area contributed by atoms with E-state index in [2.05, 4.69) is 15.5 Å². The van der Waals surface area contributed by atoms with Crippen molar-refractivity contribution in [3.8, 4) is 11.5 Å². The third kappa shape index (κ3) is 5.34. The molecule has 0 saturated carbocycles. The number of aliphatic hydroxyl groups excluding tert-OH is 1. The fraction of sp³-hybridized carbons (Fsp3) is 0.429. The van der Waals surface area contributed by atoms with Crippen molar-refractivity contribution in [1.82, 2.24) is 9.80 Å². The van der Waals surface area contributed by atoms with Gasteiger partial charge in [0.1, 0.15) is 11.5 Å². The van der Waals surface area contributed by atoms with E-state index >= 15 is 0 Å². The summed E-state index contributed by atoms with van der Waals surface area (Å²) in [6.45, 7) is 4.31. The number of Topliss-reactive ketones (excluding diaryl/α,β-unsaturated/α-hetero) is 1. The van der Waals surface area contributed by atoms with Gasteiger partial charge in [0.25, 0.3) is 0 Å². The Hall–Kier alpha value is -3.40. The smallest absolute Gasteiger partial charge is 0.226 e. The van der Waals surface area contributed by atoms with Crippen LogP contribution in [0.4, 0.5) is 11.4 Å². The van der Waals surface area contributed by atoms with Crippen molar-refractivity contribution < 1.29 is 24.9 Å². The maximum atomic E-state index is 13.0. The Morgan fingerprint density at radius 2 is 1.84 bits per heavy atom. The van der Waals surface area contributed by atoms with Gasteiger partial charge in [-0.05, 0) is 70.7 Å². The first kappa shape index (κ1) is 26.7. The molecule has 9 nitrogen and oxygen atoms in total. The van der Waals surface area contributed by atoms with Crippen molar-refractivity contribution in [1.29, 1.82) is 0 Å². The molecule has 1 aliphatic rings. The van der Waals surface area contributed by atoms with E-state index in [0.717, 1.165) is 31.5 Å². The number of ketones is 1. The number of anilines is 2. The predicted octanol–water partition coefficient (Wildman–Crippen LogP) is 3.36. The maximum absolute atomic E-state index is 13.0. The first-order valence-electron chi connectivity index (χ1n) is 12.7. The average Bonchev–Trinajstić information content (AvgIpc) is 2.90. The highest BCUT2D eigenvalue weighted by atomic mass is 16.3. The molecular weight excluding hydrogens is 472 g/mol. The van der Waals surface area contributed by atoms with Crippen molar-refractivity contribution >= 4 is 45.0 Å². The molecule has 2 unspecified atom stereocenters. The zero-order chi connectivity index (χ0) is 26.7. The van der Waals surface area contributed by atoms with Gasteiger partial charge in [-0.2, -0.15) is 0 Å². The summed E-state index contributed by atoms with van der Waals surface area (Å²) in [4.78, 5) is 29.1. The number of phenolic OH excluding ortho intramolecular Hbond substituents is 2. The molecule has 0 amide bonds. The Labute approximate surface area is 216 Å². The van der Waals surface area contributed by atoms with Gasteiger partial charge in [-0.1, -0.05) is 6.42 Å². The van der Waals surface area contributed by atoms with E-state index in [4.69, 9.17) is 0 Å².